The summed E-state index contributed by atoms with van der Waals surface area (Å²) < 4.78 is 22.1. The maximum absolute atomic E-state index is 17.3. The maximum Gasteiger partial charge on any atom is 0.333 e. The number of methoxy groups -OCH3 is 1. The number of alkyl halides is 1. The van der Waals surface area contributed by atoms with Gasteiger partial charge in [0.1, 0.15) is 5.71 Å². The Bertz CT molecular complexity index is 1180. The van der Waals surface area contributed by atoms with E-state index in [0.29, 0.717) is 16.8 Å². The molecule has 3 aromatic rings. The molecule has 3 aromatic carbocycles. The van der Waals surface area contributed by atoms with Gasteiger partial charge in [0.2, 0.25) is 5.67 Å². The number of anilines is 1. The molecule has 0 fully saturated rings. The number of hydrogen-bond donors (Lipinski definition) is 0. The minimum atomic E-state index is -2.69. The molecule has 0 spiro atoms. The van der Waals surface area contributed by atoms with Crippen LogP contribution in [0.3, 0.4) is 0 Å². The van der Waals surface area contributed by atoms with Crippen molar-refractivity contribution in [3.05, 3.63) is 114 Å². The van der Waals surface area contributed by atoms with E-state index in [4.69, 9.17) is 4.74 Å². The predicted molar refractivity (Wildman–Crippen MR) is 121 cm³/mol. The van der Waals surface area contributed by atoms with Crippen LogP contribution in [0, 0.1) is 0 Å². The molecular weight excluding hydrogens is 407 g/mol. The van der Waals surface area contributed by atoms with Gasteiger partial charge in [-0.3, -0.25) is 4.79 Å². The summed E-state index contributed by atoms with van der Waals surface area (Å²) in [6.07, 6.45) is 0. The first-order valence-electron chi connectivity index (χ1n) is 10.0. The number of rotatable bonds is 6. The molecular formula is C26H21FN2O3. The molecule has 0 saturated heterocycles. The van der Waals surface area contributed by atoms with E-state index in [9.17, 15) is 9.59 Å². The van der Waals surface area contributed by atoms with E-state index in [0.717, 1.165) is 5.01 Å². The summed E-state index contributed by atoms with van der Waals surface area (Å²) in [5, 5.41) is 5.45. The predicted octanol–water partition coefficient (Wildman–Crippen LogP) is 4.66. The molecule has 1 amide bonds. The zero-order chi connectivity index (χ0) is 22.7. The van der Waals surface area contributed by atoms with E-state index < -0.39 is 23.5 Å². The molecule has 0 saturated carbocycles. The summed E-state index contributed by atoms with van der Waals surface area (Å²) in [6, 6.07) is 25.7. The highest BCUT2D eigenvalue weighted by Gasteiger charge is 2.60. The van der Waals surface area contributed by atoms with Crippen molar-refractivity contribution in [2.45, 2.75) is 11.6 Å². The molecule has 1 aliphatic heterocycles. The third-order valence-corrected chi connectivity index (χ3v) is 5.42. The summed E-state index contributed by atoms with van der Waals surface area (Å²) in [5.74, 6) is -3.04. The fraction of sp³-hybridized carbons (Fsp3) is 0.115. The van der Waals surface area contributed by atoms with Crippen molar-refractivity contribution in [2.24, 2.45) is 5.10 Å². The van der Waals surface area contributed by atoms with Gasteiger partial charge in [-0.25, -0.2) is 9.18 Å². The van der Waals surface area contributed by atoms with E-state index in [1.165, 1.54) is 7.11 Å². The number of hydrazone groups is 1. The van der Waals surface area contributed by atoms with E-state index >= 15 is 4.39 Å². The van der Waals surface area contributed by atoms with E-state index in [1.54, 1.807) is 91.0 Å². The normalized spacial score (nSPS) is 18.8. The van der Waals surface area contributed by atoms with Crippen LogP contribution in [0.5, 0.6) is 0 Å². The number of benzene rings is 3. The van der Waals surface area contributed by atoms with E-state index in [2.05, 4.69) is 11.7 Å². The van der Waals surface area contributed by atoms with Crippen LogP contribution in [0.15, 0.2) is 108 Å². The number of ether oxygens (including phenoxy) is 1. The number of halogens is 1. The fourth-order valence-electron chi connectivity index (χ4n) is 3.91. The molecule has 160 valence electrons. The van der Waals surface area contributed by atoms with Gasteiger partial charge in [0.25, 0.3) is 5.91 Å². The molecule has 32 heavy (non-hydrogen) atoms. The first-order valence-corrected chi connectivity index (χ1v) is 10.0. The van der Waals surface area contributed by atoms with Crippen LogP contribution in [0.1, 0.15) is 17.0 Å². The van der Waals surface area contributed by atoms with Crippen LogP contribution in [0.2, 0.25) is 0 Å². The Morgan fingerprint density at radius 1 is 0.969 bits per heavy atom. The van der Waals surface area contributed by atoms with Gasteiger partial charge in [0.05, 0.1) is 18.7 Å². The Morgan fingerprint density at radius 2 is 1.50 bits per heavy atom. The lowest BCUT2D eigenvalue weighted by Crippen LogP contribution is -2.49. The number of hydrogen-bond acceptors (Lipinski definition) is 4. The minimum absolute atomic E-state index is 0.0918. The second-order valence-electron chi connectivity index (χ2n) is 7.34. The molecule has 0 bridgehead atoms. The number of esters is 1. The molecule has 0 N–H and O–H groups in total. The van der Waals surface area contributed by atoms with Crippen molar-refractivity contribution < 1.29 is 18.7 Å². The third-order valence-electron chi connectivity index (χ3n) is 5.42. The summed E-state index contributed by atoms with van der Waals surface area (Å²) in [6.45, 7) is 3.81. The Hall–Kier alpha value is -4.06. The van der Waals surface area contributed by atoms with E-state index in [1.807, 2.05) is 0 Å². The lowest BCUT2D eigenvalue weighted by atomic mass is 9.74. The number of carbonyl (C=O) groups is 2. The molecule has 0 aliphatic carbocycles. The zero-order valence-electron chi connectivity index (χ0n) is 17.4. The fourth-order valence-corrected chi connectivity index (χ4v) is 3.91. The largest absolute Gasteiger partial charge is 0.466 e. The quantitative estimate of drug-likeness (QED) is 0.424. The van der Waals surface area contributed by atoms with Gasteiger partial charge < -0.3 is 4.74 Å². The van der Waals surface area contributed by atoms with Gasteiger partial charge in [-0.15, -0.1) is 0 Å². The van der Waals surface area contributed by atoms with Crippen LogP contribution in [-0.2, 0) is 14.3 Å². The number of nitrogens with zero attached hydrogens (tertiary/aromatic N) is 2. The summed E-state index contributed by atoms with van der Waals surface area (Å²) in [7, 11) is 1.19. The summed E-state index contributed by atoms with van der Waals surface area (Å²) in [5.41, 5.74) is -1.69. The molecule has 2 atom stereocenters. The van der Waals surface area contributed by atoms with Crippen LogP contribution in [0.25, 0.3) is 0 Å². The van der Waals surface area contributed by atoms with Crippen molar-refractivity contribution >= 4 is 23.3 Å². The first-order chi connectivity index (χ1) is 15.5. The van der Waals surface area contributed by atoms with Crippen molar-refractivity contribution in [2.75, 3.05) is 12.1 Å². The minimum Gasteiger partial charge on any atom is -0.466 e. The SMILES string of the molecule is C=C(C(=O)OC)C(c1ccccc1)C1(F)C(=O)N(c2ccccc2)N=C1c1ccccc1. The Kier molecular flexibility index (Phi) is 5.69. The highest BCUT2D eigenvalue weighted by atomic mass is 19.1. The summed E-state index contributed by atoms with van der Waals surface area (Å²) in [4.78, 5) is 26.2. The van der Waals surface area contributed by atoms with E-state index in [-0.39, 0.29) is 11.3 Å². The topological polar surface area (TPSA) is 59.0 Å². The Balaban J connectivity index is 1.95. The van der Waals surface area contributed by atoms with Crippen LogP contribution < -0.4 is 5.01 Å². The standard InChI is InChI=1S/C26H21FN2O3/c1-18(24(30)32-2)22(19-12-6-3-7-13-19)26(27)23(20-14-8-4-9-15-20)28-29(25(26)31)21-16-10-5-11-17-21/h3-17,22H,1H2,2H3. The highest BCUT2D eigenvalue weighted by Crippen LogP contribution is 2.45. The van der Waals surface area contributed by atoms with Crippen LogP contribution >= 0.6 is 0 Å². The smallest absolute Gasteiger partial charge is 0.333 e. The first kappa shape index (κ1) is 21.2. The molecule has 5 nitrogen and oxygen atoms in total. The zero-order valence-corrected chi connectivity index (χ0v) is 17.4. The average molecular weight is 428 g/mol. The van der Waals surface area contributed by atoms with Crippen molar-refractivity contribution in [1.29, 1.82) is 0 Å². The van der Waals surface area contributed by atoms with Crippen LogP contribution in [-0.4, -0.2) is 30.4 Å². The third kappa shape index (κ3) is 3.50. The molecule has 6 heteroatoms. The molecule has 0 radical (unpaired) electrons. The monoisotopic (exact) mass is 428 g/mol. The van der Waals surface area contributed by atoms with Gasteiger partial charge in [0.15, 0.2) is 0 Å². The van der Waals surface area contributed by atoms with Gasteiger partial charge in [-0.05, 0) is 17.7 Å². The lowest BCUT2D eigenvalue weighted by molar-refractivity contribution is -0.137. The Labute approximate surface area is 185 Å². The van der Waals surface area contributed by atoms with Crippen molar-refractivity contribution in [3.8, 4) is 0 Å². The maximum atomic E-state index is 17.3. The molecule has 0 aromatic heterocycles. The Morgan fingerprint density at radius 3 is 2.06 bits per heavy atom. The van der Waals surface area contributed by atoms with Gasteiger partial charge >= 0.3 is 5.97 Å². The highest BCUT2D eigenvalue weighted by molar-refractivity contribution is 6.29. The number of carbonyl (C=O) groups excluding carboxylic acids is 2. The molecule has 4 rings (SSSR count). The summed E-state index contributed by atoms with van der Waals surface area (Å²) >= 11 is 0. The molecule has 1 aliphatic rings. The van der Waals surface area contributed by atoms with Gasteiger partial charge in [-0.1, -0.05) is 85.4 Å². The van der Waals surface area contributed by atoms with Crippen molar-refractivity contribution in [3.63, 3.8) is 0 Å². The molecule has 2 unspecified atom stereocenters. The number of para-hydroxylation sites is 1. The van der Waals surface area contributed by atoms with Gasteiger partial charge in [0, 0.05) is 11.1 Å². The second kappa shape index (κ2) is 8.59. The lowest BCUT2D eigenvalue weighted by Gasteiger charge is -2.31. The average Bonchev–Trinajstić information content (AvgIpc) is 3.11. The van der Waals surface area contributed by atoms with Crippen molar-refractivity contribution in [1.82, 2.24) is 0 Å². The molecule has 1 heterocycles. The number of amides is 1. The van der Waals surface area contributed by atoms with Gasteiger partial charge in [-0.2, -0.15) is 10.1 Å². The second-order valence-corrected chi connectivity index (χ2v) is 7.34. The van der Waals surface area contributed by atoms with Crippen LogP contribution in [0.4, 0.5) is 10.1 Å².